The van der Waals surface area contributed by atoms with E-state index in [0.717, 1.165) is 25.7 Å². The smallest absolute Gasteiger partial charge is 0.408 e. The van der Waals surface area contributed by atoms with Gasteiger partial charge in [0.2, 0.25) is 11.8 Å². The van der Waals surface area contributed by atoms with Crippen LogP contribution in [0.15, 0.2) is 0 Å². The van der Waals surface area contributed by atoms with Gasteiger partial charge in [0.05, 0.1) is 0 Å². The summed E-state index contributed by atoms with van der Waals surface area (Å²) >= 11 is 0. The van der Waals surface area contributed by atoms with Crippen LogP contribution in [0.3, 0.4) is 0 Å². The van der Waals surface area contributed by atoms with Crippen molar-refractivity contribution in [3.63, 3.8) is 0 Å². The molecule has 0 aromatic rings. The number of ether oxygens (including phenoxy) is 2. The molecule has 0 spiro atoms. The molecule has 0 radical (unpaired) electrons. The quantitative estimate of drug-likeness (QED) is 0.178. The number of carbonyl (C=O) groups is 4. The van der Waals surface area contributed by atoms with E-state index in [0.29, 0.717) is 13.1 Å². The molecule has 0 aliphatic heterocycles. The van der Waals surface area contributed by atoms with E-state index in [9.17, 15) is 19.2 Å². The molecule has 2 atom stereocenters. The number of unbranched alkanes of at least 4 members (excludes halogenated alkanes) is 2. The highest BCUT2D eigenvalue weighted by Gasteiger charge is 2.27. The van der Waals surface area contributed by atoms with Crippen molar-refractivity contribution in [2.24, 2.45) is 0 Å². The Kier molecular flexibility index (Phi) is 16.7. The fourth-order valence-corrected chi connectivity index (χ4v) is 4.85. The van der Waals surface area contributed by atoms with E-state index in [4.69, 9.17) is 9.47 Å². The molecule has 0 rings (SSSR count). The van der Waals surface area contributed by atoms with Crippen LogP contribution in [0.1, 0.15) is 81.1 Å². The van der Waals surface area contributed by atoms with Crippen LogP contribution in [-0.2, 0) is 19.1 Å². The summed E-state index contributed by atoms with van der Waals surface area (Å²) < 4.78 is 10.6. The zero-order chi connectivity index (χ0) is 27.8. The van der Waals surface area contributed by atoms with E-state index >= 15 is 0 Å². The van der Waals surface area contributed by atoms with Gasteiger partial charge in [-0.1, -0.05) is 48.3 Å². The second-order valence-corrected chi connectivity index (χ2v) is 12.8. The van der Waals surface area contributed by atoms with Crippen molar-refractivity contribution in [1.29, 1.82) is 0 Å². The third kappa shape index (κ3) is 18.4. The first-order valence-electron chi connectivity index (χ1n) is 12.5. The molecule has 4 N–H and O–H groups in total. The molecule has 0 saturated carbocycles. The molecule has 12 heteroatoms. The Morgan fingerprint density at radius 3 is 1.28 bits per heavy atom. The largest absolute Gasteiger partial charge is 0.444 e. The summed E-state index contributed by atoms with van der Waals surface area (Å²) in [5.41, 5.74) is -1.39. The number of hydrogen-bond acceptors (Lipinski definition) is 8. The van der Waals surface area contributed by atoms with Gasteiger partial charge in [-0.25, -0.2) is 9.59 Å². The molecule has 36 heavy (non-hydrogen) atoms. The minimum Gasteiger partial charge on any atom is -0.444 e. The lowest BCUT2D eigenvalue weighted by Gasteiger charge is -2.24. The van der Waals surface area contributed by atoms with Crippen LogP contribution in [0.2, 0.25) is 0 Å². The van der Waals surface area contributed by atoms with Crippen LogP contribution in [0, 0.1) is 0 Å². The van der Waals surface area contributed by atoms with Gasteiger partial charge in [0.1, 0.15) is 23.3 Å². The van der Waals surface area contributed by atoms with Crippen molar-refractivity contribution in [2.45, 2.75) is 104 Å². The van der Waals surface area contributed by atoms with E-state index < -0.39 is 35.5 Å². The number of amides is 4. The first-order valence-corrected chi connectivity index (χ1v) is 15.0. The van der Waals surface area contributed by atoms with Crippen molar-refractivity contribution in [3.05, 3.63) is 0 Å². The molecular formula is C24H46N4O6S2. The van der Waals surface area contributed by atoms with Crippen LogP contribution >= 0.6 is 21.6 Å². The van der Waals surface area contributed by atoms with Gasteiger partial charge in [-0.3, -0.25) is 9.59 Å². The monoisotopic (exact) mass is 550 g/mol. The van der Waals surface area contributed by atoms with E-state index in [1.165, 1.54) is 21.6 Å². The minimum absolute atomic E-state index is 0.248. The summed E-state index contributed by atoms with van der Waals surface area (Å²) in [7, 11) is 2.63. The Morgan fingerprint density at radius 1 is 0.667 bits per heavy atom. The fraction of sp³-hybridized carbons (Fsp3) is 0.833. The van der Waals surface area contributed by atoms with Gasteiger partial charge < -0.3 is 30.7 Å². The number of hydrogen-bond donors (Lipinski definition) is 4. The first kappa shape index (κ1) is 34.2. The lowest BCUT2D eigenvalue weighted by atomic mass is 10.2. The van der Waals surface area contributed by atoms with Gasteiger partial charge in [0.25, 0.3) is 0 Å². The molecule has 0 aromatic heterocycles. The van der Waals surface area contributed by atoms with Crippen LogP contribution in [0.5, 0.6) is 0 Å². The highest BCUT2D eigenvalue weighted by molar-refractivity contribution is 8.76. The zero-order valence-corrected chi connectivity index (χ0v) is 24.7. The molecular weight excluding hydrogens is 504 g/mol. The molecule has 0 aliphatic rings. The molecule has 4 amide bonds. The number of rotatable bonds is 15. The van der Waals surface area contributed by atoms with E-state index in [2.05, 4.69) is 21.3 Å². The van der Waals surface area contributed by atoms with E-state index in [-0.39, 0.29) is 23.3 Å². The average Bonchev–Trinajstić information content (AvgIpc) is 2.72. The van der Waals surface area contributed by atoms with Crippen molar-refractivity contribution in [2.75, 3.05) is 24.6 Å². The van der Waals surface area contributed by atoms with Crippen molar-refractivity contribution in [3.8, 4) is 0 Å². The average molecular weight is 551 g/mol. The van der Waals surface area contributed by atoms with Crippen LogP contribution < -0.4 is 21.3 Å². The lowest BCUT2D eigenvalue weighted by molar-refractivity contribution is -0.123. The number of alkyl carbamates (subject to hydrolysis) is 2. The third-order valence-corrected chi connectivity index (χ3v) is 6.65. The van der Waals surface area contributed by atoms with Crippen molar-refractivity contribution in [1.82, 2.24) is 21.3 Å². The zero-order valence-electron chi connectivity index (χ0n) is 23.1. The van der Waals surface area contributed by atoms with Crippen molar-refractivity contribution < 1.29 is 28.7 Å². The van der Waals surface area contributed by atoms with Gasteiger partial charge in [0, 0.05) is 24.6 Å². The highest BCUT2D eigenvalue weighted by atomic mass is 33.1. The molecule has 10 nitrogen and oxygen atoms in total. The first-order chi connectivity index (χ1) is 16.7. The lowest BCUT2D eigenvalue weighted by Crippen LogP contribution is -2.50. The molecule has 0 bridgehead atoms. The number of carbonyl (C=O) groups excluding carboxylic acids is 4. The Morgan fingerprint density at radius 2 is 1.00 bits per heavy atom. The summed E-state index contributed by atoms with van der Waals surface area (Å²) in [5, 5.41) is 10.9. The molecule has 0 aromatic carbocycles. The van der Waals surface area contributed by atoms with E-state index in [1.807, 2.05) is 13.8 Å². The van der Waals surface area contributed by atoms with E-state index in [1.54, 1.807) is 41.5 Å². The van der Waals surface area contributed by atoms with Gasteiger partial charge in [-0.15, -0.1) is 0 Å². The third-order valence-electron chi connectivity index (χ3n) is 4.23. The van der Waals surface area contributed by atoms with Gasteiger partial charge >= 0.3 is 12.2 Å². The molecule has 0 fully saturated rings. The van der Waals surface area contributed by atoms with Crippen LogP contribution in [-0.4, -0.2) is 71.9 Å². The van der Waals surface area contributed by atoms with Gasteiger partial charge in [-0.2, -0.15) is 0 Å². The maximum Gasteiger partial charge on any atom is 0.408 e. The maximum atomic E-state index is 12.6. The van der Waals surface area contributed by atoms with Gasteiger partial charge in [0.15, 0.2) is 0 Å². The minimum atomic E-state index is -0.815. The van der Waals surface area contributed by atoms with Crippen LogP contribution in [0.4, 0.5) is 9.59 Å². The Labute approximate surface area is 224 Å². The Bertz CT molecular complexity index is 637. The highest BCUT2D eigenvalue weighted by Crippen LogP contribution is 2.23. The summed E-state index contributed by atoms with van der Waals surface area (Å²) in [4.78, 5) is 49.8. The molecule has 0 aliphatic carbocycles. The molecule has 0 saturated heterocycles. The molecule has 210 valence electrons. The predicted octanol–water partition coefficient (Wildman–Crippen LogP) is 3.99. The molecule has 0 heterocycles. The van der Waals surface area contributed by atoms with Gasteiger partial charge in [-0.05, 0) is 54.4 Å². The summed E-state index contributed by atoms with van der Waals surface area (Å²) in [6.45, 7) is 15.6. The standard InChI is InChI=1S/C24H46N4O6S2/c1-9-11-13-25-19(29)17(27-21(31)33-23(3,4)5)15-35-36-16-18(20(30)26-14-12-10-2)28-22(32)34-24(6,7)8/h17-18H,9-16H2,1-8H3,(H,25,29)(H,26,30)(H,27,31)(H,28,32)/t17-,18-/m0/s1. The van der Waals surface area contributed by atoms with Crippen molar-refractivity contribution >= 4 is 45.6 Å². The summed E-state index contributed by atoms with van der Waals surface area (Å²) in [5.74, 6) is -0.108. The summed E-state index contributed by atoms with van der Waals surface area (Å²) in [6.07, 6.45) is 2.17. The Hall–Kier alpha value is -1.82. The molecule has 0 unspecified atom stereocenters. The second-order valence-electron chi connectivity index (χ2n) is 10.3. The summed E-state index contributed by atoms with van der Waals surface area (Å²) in [6, 6.07) is -1.63. The predicted molar refractivity (Wildman–Crippen MR) is 147 cm³/mol. The SMILES string of the molecule is CCCCNC(=O)[C@H](CSSC[C@H](NC(=O)OC(C)(C)C)C(=O)NCCCC)NC(=O)OC(C)(C)C. The number of nitrogens with one attached hydrogen (secondary N) is 4. The second kappa shape index (κ2) is 17.6. The topological polar surface area (TPSA) is 135 Å². The normalized spacial score (nSPS) is 13.2. The van der Waals surface area contributed by atoms with Crippen LogP contribution in [0.25, 0.3) is 0 Å². The fourth-order valence-electron chi connectivity index (χ4n) is 2.52. The maximum absolute atomic E-state index is 12.6. The Balaban J connectivity index is 5.07.